The molecule has 0 radical (unpaired) electrons. The van der Waals surface area contributed by atoms with E-state index in [0.29, 0.717) is 25.1 Å². The molecule has 0 spiro atoms. The summed E-state index contributed by atoms with van der Waals surface area (Å²) in [6, 6.07) is 9.87. The number of carbonyl (C=O) groups is 1. The van der Waals surface area contributed by atoms with Gasteiger partial charge in [-0.05, 0) is 54.8 Å². The predicted molar refractivity (Wildman–Crippen MR) is 108 cm³/mol. The summed E-state index contributed by atoms with van der Waals surface area (Å²) >= 11 is 1.49. The third-order valence-electron chi connectivity index (χ3n) is 5.27. The molecule has 0 unspecified atom stereocenters. The Bertz CT molecular complexity index is 1010. The SMILES string of the molecule is Cc1cc(F)ccc1CN1CC[C@H](O)[C@H](NC(=O)c2ccc3ncsc3c2)C1. The first kappa shape index (κ1) is 19.0. The molecule has 1 fully saturated rings. The molecule has 2 atom stereocenters. The molecular weight excluding hydrogens is 377 g/mol. The fourth-order valence-electron chi connectivity index (χ4n) is 3.62. The lowest BCUT2D eigenvalue weighted by molar-refractivity contribution is 0.0409. The number of amides is 1. The largest absolute Gasteiger partial charge is 0.391 e. The van der Waals surface area contributed by atoms with Crippen LogP contribution in [-0.4, -0.2) is 46.1 Å². The van der Waals surface area contributed by atoms with E-state index >= 15 is 0 Å². The van der Waals surface area contributed by atoms with Crippen LogP contribution in [0.3, 0.4) is 0 Å². The molecule has 7 heteroatoms. The van der Waals surface area contributed by atoms with Crippen LogP contribution in [0.15, 0.2) is 41.9 Å². The van der Waals surface area contributed by atoms with Crippen molar-refractivity contribution in [1.29, 1.82) is 0 Å². The standard InChI is InChI=1S/C21H22FN3O2S/c1-13-8-16(22)4-2-15(13)10-25-7-6-19(26)18(11-25)24-21(27)14-3-5-17-20(9-14)28-12-23-17/h2-5,8-9,12,18-19,26H,6-7,10-11H2,1H3,(H,24,27)/t18-,19+/m1/s1. The number of aryl methyl sites for hydroxylation is 1. The Kier molecular flexibility index (Phi) is 5.39. The number of halogens is 1. The number of thiazole rings is 1. The van der Waals surface area contributed by atoms with Crippen molar-refractivity contribution in [1.82, 2.24) is 15.2 Å². The molecule has 1 aliphatic rings. The fourth-order valence-corrected chi connectivity index (χ4v) is 4.33. The van der Waals surface area contributed by atoms with Crippen molar-refractivity contribution in [2.45, 2.75) is 32.0 Å². The van der Waals surface area contributed by atoms with Crippen molar-refractivity contribution in [3.8, 4) is 0 Å². The third kappa shape index (κ3) is 4.06. The Morgan fingerprint density at radius 1 is 1.36 bits per heavy atom. The van der Waals surface area contributed by atoms with Gasteiger partial charge in [0.05, 0.1) is 27.9 Å². The lowest BCUT2D eigenvalue weighted by Gasteiger charge is -2.36. The minimum Gasteiger partial charge on any atom is -0.391 e. The first-order chi connectivity index (χ1) is 13.5. The molecule has 1 saturated heterocycles. The maximum Gasteiger partial charge on any atom is 0.251 e. The minimum atomic E-state index is -0.582. The average Bonchev–Trinajstić information content (AvgIpc) is 3.14. The average molecular weight is 399 g/mol. The molecule has 1 aromatic heterocycles. The number of aliphatic hydroxyl groups excluding tert-OH is 1. The highest BCUT2D eigenvalue weighted by Gasteiger charge is 2.29. The highest BCUT2D eigenvalue weighted by Crippen LogP contribution is 2.21. The van der Waals surface area contributed by atoms with E-state index in [1.807, 2.05) is 19.1 Å². The summed E-state index contributed by atoms with van der Waals surface area (Å²) in [7, 11) is 0. The molecule has 1 aliphatic heterocycles. The smallest absolute Gasteiger partial charge is 0.251 e. The van der Waals surface area contributed by atoms with Gasteiger partial charge in [0.2, 0.25) is 0 Å². The first-order valence-electron chi connectivity index (χ1n) is 9.29. The number of benzene rings is 2. The molecule has 2 aromatic carbocycles. The lowest BCUT2D eigenvalue weighted by Crippen LogP contribution is -2.54. The predicted octanol–water partition coefficient (Wildman–Crippen LogP) is 3.11. The molecular formula is C21H22FN3O2S. The van der Waals surface area contributed by atoms with Gasteiger partial charge in [0.1, 0.15) is 5.82 Å². The van der Waals surface area contributed by atoms with Crippen LogP contribution in [0.2, 0.25) is 0 Å². The van der Waals surface area contributed by atoms with Gasteiger partial charge < -0.3 is 10.4 Å². The van der Waals surface area contributed by atoms with Crippen LogP contribution >= 0.6 is 11.3 Å². The van der Waals surface area contributed by atoms with E-state index in [4.69, 9.17) is 0 Å². The van der Waals surface area contributed by atoms with Gasteiger partial charge in [-0.2, -0.15) is 0 Å². The van der Waals surface area contributed by atoms with Crippen LogP contribution in [-0.2, 0) is 6.54 Å². The molecule has 3 aromatic rings. The number of likely N-dealkylation sites (tertiary alicyclic amines) is 1. The Labute approximate surface area is 166 Å². The number of rotatable bonds is 4. The van der Waals surface area contributed by atoms with E-state index < -0.39 is 6.10 Å². The zero-order chi connectivity index (χ0) is 19.7. The van der Waals surface area contributed by atoms with Gasteiger partial charge >= 0.3 is 0 Å². The third-order valence-corrected chi connectivity index (χ3v) is 6.06. The summed E-state index contributed by atoms with van der Waals surface area (Å²) in [5.74, 6) is -0.433. The normalized spacial score (nSPS) is 20.4. The molecule has 146 valence electrons. The van der Waals surface area contributed by atoms with Gasteiger partial charge in [0.25, 0.3) is 5.91 Å². The molecule has 4 rings (SSSR count). The molecule has 0 aliphatic carbocycles. The topological polar surface area (TPSA) is 65.5 Å². The highest BCUT2D eigenvalue weighted by molar-refractivity contribution is 7.16. The van der Waals surface area contributed by atoms with Crippen LogP contribution < -0.4 is 5.32 Å². The van der Waals surface area contributed by atoms with Gasteiger partial charge in [0.15, 0.2) is 0 Å². The number of nitrogens with zero attached hydrogens (tertiary/aromatic N) is 2. The second kappa shape index (κ2) is 7.95. The monoisotopic (exact) mass is 399 g/mol. The summed E-state index contributed by atoms with van der Waals surface area (Å²) in [5.41, 5.74) is 5.16. The van der Waals surface area contributed by atoms with Crippen molar-refractivity contribution in [3.05, 3.63) is 64.4 Å². The van der Waals surface area contributed by atoms with E-state index in [1.54, 1.807) is 17.6 Å². The molecule has 2 heterocycles. The molecule has 0 saturated carbocycles. The number of aromatic nitrogens is 1. The van der Waals surface area contributed by atoms with Crippen molar-refractivity contribution in [2.75, 3.05) is 13.1 Å². The molecule has 5 nitrogen and oxygen atoms in total. The van der Waals surface area contributed by atoms with E-state index in [9.17, 15) is 14.3 Å². The van der Waals surface area contributed by atoms with Crippen LogP contribution in [0.1, 0.15) is 27.9 Å². The quantitative estimate of drug-likeness (QED) is 0.708. The summed E-state index contributed by atoms with van der Waals surface area (Å²) in [5, 5.41) is 13.4. The lowest BCUT2D eigenvalue weighted by atomic mass is 10.00. The Balaban J connectivity index is 1.43. The number of hydrogen-bond acceptors (Lipinski definition) is 5. The van der Waals surface area contributed by atoms with Gasteiger partial charge in [-0.3, -0.25) is 9.69 Å². The van der Waals surface area contributed by atoms with Gasteiger partial charge in [-0.15, -0.1) is 11.3 Å². The number of carbonyl (C=O) groups excluding carboxylic acids is 1. The zero-order valence-corrected chi connectivity index (χ0v) is 16.4. The number of nitrogens with one attached hydrogen (secondary N) is 1. The number of hydrogen-bond donors (Lipinski definition) is 2. The van der Waals surface area contributed by atoms with Gasteiger partial charge in [-0.25, -0.2) is 9.37 Å². The summed E-state index contributed by atoms with van der Waals surface area (Å²) in [6.45, 7) is 3.84. The van der Waals surface area contributed by atoms with Crippen molar-refractivity contribution in [3.63, 3.8) is 0 Å². The second-order valence-electron chi connectivity index (χ2n) is 7.28. The van der Waals surface area contributed by atoms with E-state index in [0.717, 1.165) is 27.9 Å². The number of aliphatic hydroxyl groups is 1. The summed E-state index contributed by atoms with van der Waals surface area (Å²) in [6.07, 6.45) is 0.000604. The van der Waals surface area contributed by atoms with Crippen molar-refractivity contribution in [2.24, 2.45) is 0 Å². The number of fused-ring (bicyclic) bond motifs is 1. The molecule has 28 heavy (non-hydrogen) atoms. The summed E-state index contributed by atoms with van der Waals surface area (Å²) < 4.78 is 14.3. The van der Waals surface area contributed by atoms with Crippen LogP contribution in [0, 0.1) is 12.7 Å². The van der Waals surface area contributed by atoms with Gasteiger partial charge in [-0.1, -0.05) is 6.07 Å². The molecule has 1 amide bonds. The van der Waals surface area contributed by atoms with Crippen LogP contribution in [0.25, 0.3) is 10.2 Å². The van der Waals surface area contributed by atoms with Crippen LogP contribution in [0.5, 0.6) is 0 Å². The van der Waals surface area contributed by atoms with Crippen molar-refractivity contribution >= 4 is 27.5 Å². The maximum atomic E-state index is 13.3. The highest BCUT2D eigenvalue weighted by atomic mass is 32.1. The first-order valence-corrected chi connectivity index (χ1v) is 10.2. The Hall–Kier alpha value is -2.35. The minimum absolute atomic E-state index is 0.195. The zero-order valence-electron chi connectivity index (χ0n) is 15.6. The summed E-state index contributed by atoms with van der Waals surface area (Å²) in [4.78, 5) is 19.1. The maximum absolute atomic E-state index is 13.3. The Morgan fingerprint density at radius 3 is 3.04 bits per heavy atom. The van der Waals surface area contributed by atoms with Gasteiger partial charge in [0, 0.05) is 25.2 Å². The second-order valence-corrected chi connectivity index (χ2v) is 8.16. The van der Waals surface area contributed by atoms with Crippen molar-refractivity contribution < 1.29 is 14.3 Å². The van der Waals surface area contributed by atoms with E-state index in [1.165, 1.54) is 23.5 Å². The molecule has 2 N–H and O–H groups in total. The molecule has 0 bridgehead atoms. The van der Waals surface area contributed by atoms with Crippen LogP contribution in [0.4, 0.5) is 4.39 Å². The number of piperidine rings is 1. The Morgan fingerprint density at radius 2 is 2.21 bits per heavy atom. The fraction of sp³-hybridized carbons (Fsp3) is 0.333. The van der Waals surface area contributed by atoms with E-state index in [2.05, 4.69) is 15.2 Å². The van der Waals surface area contributed by atoms with E-state index in [-0.39, 0.29) is 17.8 Å².